The third kappa shape index (κ3) is 4.88. The van der Waals surface area contributed by atoms with E-state index in [1.165, 1.54) is 12.1 Å². The second kappa shape index (κ2) is 8.81. The van der Waals surface area contributed by atoms with E-state index >= 15 is 0 Å². The smallest absolute Gasteiger partial charge is 0.378 e. The van der Waals surface area contributed by atoms with Crippen LogP contribution in [0, 0.1) is 0 Å². The van der Waals surface area contributed by atoms with E-state index in [4.69, 9.17) is 4.74 Å². The lowest BCUT2D eigenvalue weighted by molar-refractivity contribution is -0.136. The zero-order valence-electron chi connectivity index (χ0n) is 16.7. The van der Waals surface area contributed by atoms with Crippen LogP contribution in [-0.4, -0.2) is 32.2 Å². The summed E-state index contributed by atoms with van der Waals surface area (Å²) in [6, 6.07) is 17.3. The standard InChI is InChI=1S/C24H21F3N2O2/c25-24(26,27)21-16-19(29-12-14-31-15-13-29)9-10-22(21)28-23(30)11-8-18-6-3-5-17-4-1-2-7-20(17)18/h1-11,16H,12-15H2,(H,28,30)/b11-8+. The Morgan fingerprint density at radius 3 is 2.52 bits per heavy atom. The number of ether oxygens (including phenoxy) is 1. The molecule has 7 heteroatoms. The van der Waals surface area contributed by atoms with Gasteiger partial charge in [0.05, 0.1) is 24.5 Å². The van der Waals surface area contributed by atoms with Crippen molar-refractivity contribution in [3.63, 3.8) is 0 Å². The number of halogens is 3. The van der Waals surface area contributed by atoms with E-state index in [0.29, 0.717) is 32.0 Å². The first-order chi connectivity index (χ1) is 14.9. The Balaban J connectivity index is 1.56. The quantitative estimate of drug-likeness (QED) is 0.572. The summed E-state index contributed by atoms with van der Waals surface area (Å²) in [6.07, 6.45) is -1.74. The van der Waals surface area contributed by atoms with Gasteiger partial charge in [-0.3, -0.25) is 4.79 Å². The van der Waals surface area contributed by atoms with Crippen molar-refractivity contribution in [2.45, 2.75) is 6.18 Å². The molecule has 1 fully saturated rings. The number of carbonyl (C=O) groups is 1. The van der Waals surface area contributed by atoms with Gasteiger partial charge >= 0.3 is 6.18 Å². The summed E-state index contributed by atoms with van der Waals surface area (Å²) >= 11 is 0. The van der Waals surface area contributed by atoms with Gasteiger partial charge in [0.15, 0.2) is 0 Å². The zero-order chi connectivity index (χ0) is 21.8. The lowest BCUT2D eigenvalue weighted by atomic mass is 10.0. The molecule has 1 heterocycles. The van der Waals surface area contributed by atoms with Crippen molar-refractivity contribution in [1.29, 1.82) is 0 Å². The highest BCUT2D eigenvalue weighted by Gasteiger charge is 2.34. The average Bonchev–Trinajstić information content (AvgIpc) is 2.78. The minimum absolute atomic E-state index is 0.267. The number of carbonyl (C=O) groups excluding carboxylic acids is 1. The first kappa shape index (κ1) is 20.9. The third-order valence-electron chi connectivity index (χ3n) is 5.18. The van der Waals surface area contributed by atoms with Crippen LogP contribution in [0.15, 0.2) is 66.7 Å². The van der Waals surface area contributed by atoms with E-state index in [-0.39, 0.29) is 5.69 Å². The van der Waals surface area contributed by atoms with Crippen LogP contribution in [0.2, 0.25) is 0 Å². The fourth-order valence-corrected chi connectivity index (χ4v) is 3.63. The van der Waals surface area contributed by atoms with Crippen LogP contribution in [0.4, 0.5) is 24.5 Å². The highest BCUT2D eigenvalue weighted by atomic mass is 19.4. The SMILES string of the molecule is O=C(/C=C/c1cccc2ccccc12)Nc1ccc(N2CCOCC2)cc1C(F)(F)F. The summed E-state index contributed by atoms with van der Waals surface area (Å²) in [6.45, 7) is 1.99. The fraction of sp³-hybridized carbons (Fsp3) is 0.208. The van der Waals surface area contributed by atoms with Gasteiger partial charge in [0, 0.05) is 24.9 Å². The van der Waals surface area contributed by atoms with Gasteiger partial charge in [-0.2, -0.15) is 13.2 Å². The third-order valence-corrected chi connectivity index (χ3v) is 5.18. The summed E-state index contributed by atoms with van der Waals surface area (Å²) in [5.41, 5.74) is 0.132. The molecule has 1 amide bonds. The fourth-order valence-electron chi connectivity index (χ4n) is 3.63. The van der Waals surface area contributed by atoms with E-state index in [1.807, 2.05) is 47.4 Å². The average molecular weight is 426 g/mol. The molecule has 0 saturated carbocycles. The van der Waals surface area contributed by atoms with Gasteiger partial charge in [0.25, 0.3) is 0 Å². The van der Waals surface area contributed by atoms with Crippen molar-refractivity contribution in [3.8, 4) is 0 Å². The maximum Gasteiger partial charge on any atom is 0.418 e. The summed E-state index contributed by atoms with van der Waals surface area (Å²) in [5, 5.41) is 4.35. The highest BCUT2D eigenvalue weighted by Crippen LogP contribution is 2.37. The lowest BCUT2D eigenvalue weighted by Gasteiger charge is -2.29. The van der Waals surface area contributed by atoms with Gasteiger partial charge in [-0.15, -0.1) is 0 Å². The molecule has 1 aliphatic heterocycles. The van der Waals surface area contributed by atoms with E-state index < -0.39 is 17.6 Å². The van der Waals surface area contributed by atoms with E-state index in [2.05, 4.69) is 5.32 Å². The van der Waals surface area contributed by atoms with Crippen LogP contribution >= 0.6 is 0 Å². The molecule has 1 saturated heterocycles. The van der Waals surface area contributed by atoms with Crippen molar-refractivity contribution in [1.82, 2.24) is 0 Å². The molecule has 1 N–H and O–H groups in total. The Morgan fingerprint density at radius 2 is 1.74 bits per heavy atom. The number of amides is 1. The molecule has 3 aromatic rings. The molecule has 0 aliphatic carbocycles. The molecule has 4 nitrogen and oxygen atoms in total. The second-order valence-electron chi connectivity index (χ2n) is 7.22. The summed E-state index contributed by atoms with van der Waals surface area (Å²) in [4.78, 5) is 14.2. The largest absolute Gasteiger partial charge is 0.418 e. The predicted octanol–water partition coefficient (Wildman–Crippen LogP) is 5.35. The summed E-state index contributed by atoms with van der Waals surface area (Å²) in [5.74, 6) is -0.627. The monoisotopic (exact) mass is 426 g/mol. The Morgan fingerprint density at radius 1 is 1.00 bits per heavy atom. The number of nitrogens with one attached hydrogen (secondary N) is 1. The number of anilines is 2. The Bertz CT molecular complexity index is 1110. The number of morpholine rings is 1. The van der Waals surface area contributed by atoms with Gasteiger partial charge in [-0.25, -0.2) is 0 Å². The van der Waals surface area contributed by atoms with Crippen molar-refractivity contribution >= 4 is 34.1 Å². The second-order valence-corrected chi connectivity index (χ2v) is 7.22. The maximum atomic E-state index is 13.7. The van der Waals surface area contributed by atoms with Crippen LogP contribution in [0.25, 0.3) is 16.8 Å². The molecule has 3 aromatic carbocycles. The number of benzene rings is 3. The van der Waals surface area contributed by atoms with Crippen molar-refractivity contribution in [2.24, 2.45) is 0 Å². The number of rotatable bonds is 4. The van der Waals surface area contributed by atoms with Crippen molar-refractivity contribution < 1.29 is 22.7 Å². The molecule has 0 atom stereocenters. The highest BCUT2D eigenvalue weighted by molar-refractivity contribution is 6.04. The molecular formula is C24H21F3N2O2. The molecule has 0 spiro atoms. The Labute approximate surface area is 177 Å². The molecule has 4 rings (SSSR count). The number of nitrogens with zero attached hydrogens (tertiary/aromatic N) is 1. The van der Waals surface area contributed by atoms with E-state index in [9.17, 15) is 18.0 Å². The van der Waals surface area contributed by atoms with Gasteiger partial charge in [-0.05, 0) is 40.6 Å². The van der Waals surface area contributed by atoms with Gasteiger partial charge < -0.3 is 15.0 Å². The van der Waals surface area contributed by atoms with E-state index in [1.54, 1.807) is 12.1 Å². The van der Waals surface area contributed by atoms with Crippen LogP contribution in [0.5, 0.6) is 0 Å². The molecule has 160 valence electrons. The van der Waals surface area contributed by atoms with Crippen LogP contribution < -0.4 is 10.2 Å². The van der Waals surface area contributed by atoms with E-state index in [0.717, 1.165) is 22.4 Å². The maximum absolute atomic E-state index is 13.7. The minimum atomic E-state index is -4.59. The Hall–Kier alpha value is -3.32. The Kier molecular flexibility index (Phi) is 5.95. The van der Waals surface area contributed by atoms with Crippen LogP contribution in [0.3, 0.4) is 0 Å². The first-order valence-corrected chi connectivity index (χ1v) is 9.92. The predicted molar refractivity (Wildman–Crippen MR) is 116 cm³/mol. The number of fused-ring (bicyclic) bond motifs is 1. The first-order valence-electron chi connectivity index (χ1n) is 9.92. The number of alkyl halides is 3. The topological polar surface area (TPSA) is 41.6 Å². The van der Waals surface area contributed by atoms with Crippen LogP contribution in [-0.2, 0) is 15.7 Å². The number of hydrogen-bond donors (Lipinski definition) is 1. The molecule has 0 radical (unpaired) electrons. The van der Waals surface area contributed by atoms with Gasteiger partial charge in [0.1, 0.15) is 0 Å². The lowest BCUT2D eigenvalue weighted by Crippen LogP contribution is -2.36. The molecule has 31 heavy (non-hydrogen) atoms. The summed E-state index contributed by atoms with van der Waals surface area (Å²) < 4.78 is 46.2. The molecular weight excluding hydrogens is 405 g/mol. The van der Waals surface area contributed by atoms with Gasteiger partial charge in [0.2, 0.25) is 5.91 Å². The van der Waals surface area contributed by atoms with Crippen LogP contribution in [0.1, 0.15) is 11.1 Å². The van der Waals surface area contributed by atoms with Crippen molar-refractivity contribution in [3.05, 3.63) is 77.9 Å². The summed E-state index contributed by atoms with van der Waals surface area (Å²) in [7, 11) is 0. The minimum Gasteiger partial charge on any atom is -0.378 e. The molecule has 0 unspecified atom stereocenters. The van der Waals surface area contributed by atoms with Gasteiger partial charge in [-0.1, -0.05) is 42.5 Å². The normalized spacial score (nSPS) is 14.9. The van der Waals surface area contributed by atoms with Crippen molar-refractivity contribution in [2.75, 3.05) is 36.5 Å². The molecule has 0 aromatic heterocycles. The zero-order valence-corrected chi connectivity index (χ0v) is 16.7. The number of hydrogen-bond acceptors (Lipinski definition) is 3. The molecule has 1 aliphatic rings. The molecule has 0 bridgehead atoms.